The summed E-state index contributed by atoms with van der Waals surface area (Å²) in [5.41, 5.74) is 9.48. The van der Waals surface area contributed by atoms with Crippen molar-refractivity contribution in [2.75, 3.05) is 0 Å². The number of nitrogens with zero attached hydrogens (tertiary/aromatic N) is 3. The number of halogens is 2. The first kappa shape index (κ1) is 27.8. The summed E-state index contributed by atoms with van der Waals surface area (Å²) >= 11 is 0. The molecule has 3 nitrogen and oxygen atoms in total. The Labute approximate surface area is 274 Å². The van der Waals surface area contributed by atoms with Crippen molar-refractivity contribution in [1.29, 1.82) is 5.26 Å². The molecule has 0 N–H and O–H groups in total. The second-order valence-electron chi connectivity index (χ2n) is 12.0. The van der Waals surface area contributed by atoms with Crippen molar-refractivity contribution in [1.82, 2.24) is 9.13 Å². The minimum Gasteiger partial charge on any atom is -0.309 e. The monoisotopic (exact) mass is 621 g/mol. The molecule has 226 valence electrons. The maximum Gasteiger partial charge on any atom is 0.126 e. The van der Waals surface area contributed by atoms with Crippen molar-refractivity contribution < 1.29 is 8.78 Å². The molecule has 0 saturated heterocycles. The van der Waals surface area contributed by atoms with Crippen LogP contribution in [0.3, 0.4) is 0 Å². The molecule has 2 aromatic heterocycles. The Balaban J connectivity index is 1.30. The lowest BCUT2D eigenvalue weighted by Gasteiger charge is -2.16. The highest BCUT2D eigenvalue weighted by Gasteiger charge is 2.19. The van der Waals surface area contributed by atoms with Crippen molar-refractivity contribution in [2.45, 2.75) is 0 Å². The highest BCUT2D eigenvalue weighted by atomic mass is 19.1. The molecule has 0 aliphatic carbocycles. The van der Waals surface area contributed by atoms with Crippen LogP contribution < -0.4 is 0 Å². The number of benzene rings is 7. The minimum absolute atomic E-state index is 0.363. The summed E-state index contributed by atoms with van der Waals surface area (Å²) in [6.07, 6.45) is 0. The summed E-state index contributed by atoms with van der Waals surface area (Å²) in [6.45, 7) is 0. The molecule has 0 bridgehead atoms. The van der Waals surface area contributed by atoms with Crippen LogP contribution in [0.5, 0.6) is 0 Å². The number of hydrogen-bond acceptors (Lipinski definition) is 1. The zero-order valence-electron chi connectivity index (χ0n) is 25.5. The van der Waals surface area contributed by atoms with Gasteiger partial charge in [-0.1, -0.05) is 78.9 Å². The van der Waals surface area contributed by atoms with Gasteiger partial charge in [-0.05, 0) is 77.9 Å². The minimum atomic E-state index is -0.674. The normalized spacial score (nSPS) is 11.5. The fourth-order valence-corrected chi connectivity index (χ4v) is 7.24. The second kappa shape index (κ2) is 10.8. The first-order valence-electron chi connectivity index (χ1n) is 15.7. The van der Waals surface area contributed by atoms with Crippen LogP contribution in [0.4, 0.5) is 8.78 Å². The van der Waals surface area contributed by atoms with E-state index < -0.39 is 11.6 Å². The Morgan fingerprint density at radius 3 is 1.56 bits per heavy atom. The van der Waals surface area contributed by atoms with Gasteiger partial charge in [0.15, 0.2) is 0 Å². The number of rotatable bonds is 4. The van der Waals surface area contributed by atoms with E-state index >= 15 is 0 Å². The summed E-state index contributed by atoms with van der Waals surface area (Å²) < 4.78 is 33.4. The van der Waals surface area contributed by atoms with Gasteiger partial charge < -0.3 is 9.13 Å². The summed E-state index contributed by atoms with van der Waals surface area (Å²) in [5, 5.41) is 14.2. The Morgan fingerprint density at radius 1 is 0.417 bits per heavy atom. The largest absolute Gasteiger partial charge is 0.309 e. The molecule has 9 aromatic rings. The lowest BCUT2D eigenvalue weighted by molar-refractivity contribution is 0.584. The highest BCUT2D eigenvalue weighted by molar-refractivity contribution is 6.12. The van der Waals surface area contributed by atoms with Crippen LogP contribution in [0.25, 0.3) is 77.2 Å². The maximum absolute atomic E-state index is 14.5. The molecule has 0 spiro atoms. The van der Waals surface area contributed by atoms with Crippen LogP contribution in [-0.4, -0.2) is 9.13 Å². The van der Waals surface area contributed by atoms with Gasteiger partial charge in [-0.25, -0.2) is 8.78 Å². The van der Waals surface area contributed by atoms with Crippen LogP contribution in [0.15, 0.2) is 152 Å². The molecule has 0 fully saturated rings. The molecule has 2 heterocycles. The molecular weight excluding hydrogens is 596 g/mol. The van der Waals surface area contributed by atoms with Crippen molar-refractivity contribution in [3.05, 3.63) is 169 Å². The average molecular weight is 622 g/mol. The van der Waals surface area contributed by atoms with Crippen molar-refractivity contribution >= 4 is 43.6 Å². The Bertz CT molecular complexity index is 2710. The second-order valence-corrected chi connectivity index (χ2v) is 12.0. The maximum atomic E-state index is 14.5. The number of para-hydroxylation sites is 4. The zero-order valence-corrected chi connectivity index (χ0v) is 25.5. The summed E-state index contributed by atoms with van der Waals surface area (Å²) in [5.74, 6) is -1.35. The molecule has 0 amide bonds. The molecular formula is C43H25F2N3. The fourth-order valence-electron chi connectivity index (χ4n) is 7.24. The molecule has 0 aliphatic rings. The van der Waals surface area contributed by atoms with E-state index in [1.165, 1.54) is 22.9 Å². The number of fused-ring (bicyclic) bond motifs is 6. The molecule has 5 heteroatoms. The molecule has 9 rings (SSSR count). The first-order valence-corrected chi connectivity index (χ1v) is 15.7. The molecule has 0 radical (unpaired) electrons. The summed E-state index contributed by atoms with van der Waals surface area (Å²) in [7, 11) is 0. The summed E-state index contributed by atoms with van der Waals surface area (Å²) in [4.78, 5) is 0. The Kier molecular flexibility index (Phi) is 6.24. The number of hydrogen-bond donors (Lipinski definition) is 0. The molecule has 7 aromatic carbocycles. The van der Waals surface area contributed by atoms with Gasteiger partial charge in [-0.2, -0.15) is 5.26 Å². The quantitative estimate of drug-likeness (QED) is 0.192. The standard InChI is InChI=1S/C43H25F2N3/c44-30-22-29(23-31(45)25-30)36-21-27(26-46)17-19-42(36)48-41-16-8-4-12-35(41)37-24-28(18-20-43(37)48)32-9-1-5-13-38(32)47-39-14-6-2-10-33(39)34-11-3-7-15-40(34)47/h1-25H. The van der Waals surface area contributed by atoms with Crippen LogP contribution >= 0.6 is 0 Å². The predicted molar refractivity (Wildman–Crippen MR) is 191 cm³/mol. The predicted octanol–water partition coefficient (Wildman–Crippen LogP) is 11.4. The first-order chi connectivity index (χ1) is 23.6. The van der Waals surface area contributed by atoms with Gasteiger partial charge in [0, 0.05) is 38.7 Å². The number of aromatic nitrogens is 2. The van der Waals surface area contributed by atoms with Gasteiger partial charge in [0.1, 0.15) is 11.6 Å². The molecule has 0 saturated carbocycles. The molecule has 0 atom stereocenters. The lowest BCUT2D eigenvalue weighted by Crippen LogP contribution is -1.99. The highest BCUT2D eigenvalue weighted by Crippen LogP contribution is 2.41. The third kappa shape index (κ3) is 4.24. The van der Waals surface area contributed by atoms with E-state index in [1.807, 2.05) is 18.2 Å². The van der Waals surface area contributed by atoms with Crippen molar-refractivity contribution in [2.24, 2.45) is 0 Å². The van der Waals surface area contributed by atoms with E-state index in [0.29, 0.717) is 16.7 Å². The van der Waals surface area contributed by atoms with Crippen molar-refractivity contribution in [3.63, 3.8) is 0 Å². The third-order valence-electron chi connectivity index (χ3n) is 9.25. The van der Waals surface area contributed by atoms with Gasteiger partial charge in [-0.15, -0.1) is 0 Å². The van der Waals surface area contributed by atoms with Gasteiger partial charge in [0.2, 0.25) is 0 Å². The van der Waals surface area contributed by atoms with Crippen LogP contribution in [-0.2, 0) is 0 Å². The fraction of sp³-hybridized carbons (Fsp3) is 0. The van der Waals surface area contributed by atoms with E-state index in [0.717, 1.165) is 61.4 Å². The van der Waals surface area contributed by atoms with E-state index in [1.54, 1.807) is 12.1 Å². The van der Waals surface area contributed by atoms with Gasteiger partial charge in [0.05, 0.1) is 45.1 Å². The molecule has 0 unspecified atom stereocenters. The Morgan fingerprint density at radius 2 is 0.938 bits per heavy atom. The number of nitriles is 1. The van der Waals surface area contributed by atoms with Crippen LogP contribution in [0.2, 0.25) is 0 Å². The smallest absolute Gasteiger partial charge is 0.126 e. The zero-order chi connectivity index (χ0) is 32.4. The third-order valence-corrected chi connectivity index (χ3v) is 9.25. The van der Waals surface area contributed by atoms with E-state index in [9.17, 15) is 14.0 Å². The molecule has 48 heavy (non-hydrogen) atoms. The van der Waals surface area contributed by atoms with Crippen LogP contribution in [0, 0.1) is 23.0 Å². The summed E-state index contributed by atoms with van der Waals surface area (Å²) in [6, 6.07) is 51.1. The van der Waals surface area contributed by atoms with Gasteiger partial charge in [-0.3, -0.25) is 0 Å². The van der Waals surface area contributed by atoms with Gasteiger partial charge >= 0.3 is 0 Å². The topological polar surface area (TPSA) is 33.6 Å². The van der Waals surface area contributed by atoms with Gasteiger partial charge in [0.25, 0.3) is 0 Å². The van der Waals surface area contributed by atoms with Crippen LogP contribution in [0.1, 0.15) is 5.56 Å². The SMILES string of the molecule is N#Cc1ccc(-n2c3ccccc3c3cc(-c4ccccc4-n4c5ccccc5c5ccccc54)ccc32)c(-c2cc(F)cc(F)c2)c1. The van der Waals surface area contributed by atoms with Crippen molar-refractivity contribution in [3.8, 4) is 39.7 Å². The molecule has 0 aliphatic heterocycles. The Hall–Kier alpha value is -6.51. The van der Waals surface area contributed by atoms with E-state index in [-0.39, 0.29) is 0 Å². The van der Waals surface area contributed by atoms with E-state index in [4.69, 9.17) is 0 Å². The van der Waals surface area contributed by atoms with E-state index in [2.05, 4.69) is 118 Å². The lowest BCUT2D eigenvalue weighted by atomic mass is 10.00. The average Bonchev–Trinajstić information content (AvgIpc) is 3.63.